The molecule has 0 aliphatic rings. The molecule has 0 aliphatic heterocycles. The number of rotatable bonds is 4. The fourth-order valence-corrected chi connectivity index (χ4v) is 2.07. The van der Waals surface area contributed by atoms with Gasteiger partial charge in [0, 0.05) is 16.5 Å². The van der Waals surface area contributed by atoms with Crippen LogP contribution in [0.2, 0.25) is 0 Å². The fourth-order valence-electron chi connectivity index (χ4n) is 1.74. The molecular weight excluding hydrogens is 295 g/mol. The minimum atomic E-state index is -0.273. The van der Waals surface area contributed by atoms with E-state index >= 15 is 0 Å². The van der Waals surface area contributed by atoms with Crippen LogP contribution in [0.5, 0.6) is 0 Å². The van der Waals surface area contributed by atoms with Crippen molar-refractivity contribution in [2.75, 3.05) is 0 Å². The van der Waals surface area contributed by atoms with E-state index < -0.39 is 0 Å². The molecule has 2 rings (SSSR count). The molecule has 0 aromatic heterocycles. The van der Waals surface area contributed by atoms with Gasteiger partial charge in [-0.15, -0.1) is 0 Å². The van der Waals surface area contributed by atoms with Gasteiger partial charge < -0.3 is 0 Å². The predicted molar refractivity (Wildman–Crippen MR) is 73.2 cm³/mol. The maximum absolute atomic E-state index is 13.6. The lowest BCUT2D eigenvalue weighted by molar-refractivity contribution is 0.0982. The number of benzene rings is 2. The zero-order valence-corrected chi connectivity index (χ0v) is 11.3. The van der Waals surface area contributed by atoms with Gasteiger partial charge in [0.15, 0.2) is 5.78 Å². The first kappa shape index (κ1) is 13.0. The topological polar surface area (TPSA) is 17.1 Å². The summed E-state index contributed by atoms with van der Waals surface area (Å²) in [7, 11) is 0. The highest BCUT2D eigenvalue weighted by Crippen LogP contribution is 2.17. The molecule has 0 N–H and O–H groups in total. The first-order valence-corrected chi connectivity index (χ1v) is 6.48. The first-order valence-electron chi connectivity index (χ1n) is 5.69. The number of hydrogen-bond acceptors (Lipinski definition) is 1. The molecule has 2 aromatic carbocycles. The molecule has 1 nitrogen and oxygen atoms in total. The lowest BCUT2D eigenvalue weighted by Crippen LogP contribution is -2.02. The maximum atomic E-state index is 13.6. The molecule has 0 saturated carbocycles. The van der Waals surface area contributed by atoms with Gasteiger partial charge in [0.1, 0.15) is 5.82 Å². The molecule has 0 aliphatic carbocycles. The van der Waals surface area contributed by atoms with E-state index in [0.29, 0.717) is 28.4 Å². The van der Waals surface area contributed by atoms with Crippen LogP contribution < -0.4 is 0 Å². The van der Waals surface area contributed by atoms with E-state index in [2.05, 4.69) is 15.9 Å². The van der Waals surface area contributed by atoms with Crippen LogP contribution in [0, 0.1) is 5.82 Å². The van der Waals surface area contributed by atoms with Crippen molar-refractivity contribution in [2.24, 2.45) is 0 Å². The van der Waals surface area contributed by atoms with Crippen LogP contribution in [0.4, 0.5) is 4.39 Å². The van der Waals surface area contributed by atoms with Crippen molar-refractivity contribution in [1.29, 1.82) is 0 Å². The molecule has 0 saturated heterocycles. The van der Waals surface area contributed by atoms with Crippen molar-refractivity contribution in [1.82, 2.24) is 0 Å². The van der Waals surface area contributed by atoms with Crippen molar-refractivity contribution < 1.29 is 9.18 Å². The van der Waals surface area contributed by atoms with Gasteiger partial charge >= 0.3 is 0 Å². The van der Waals surface area contributed by atoms with E-state index in [1.807, 2.05) is 18.2 Å². The highest BCUT2D eigenvalue weighted by molar-refractivity contribution is 9.10. The summed E-state index contributed by atoms with van der Waals surface area (Å²) in [5, 5.41) is 0. The summed E-state index contributed by atoms with van der Waals surface area (Å²) >= 11 is 3.21. The SMILES string of the molecule is O=C(CCc1ccc(Br)cc1F)c1ccccc1. The van der Waals surface area contributed by atoms with E-state index in [-0.39, 0.29) is 11.6 Å². The predicted octanol–water partition coefficient (Wildman–Crippen LogP) is 4.40. The number of carbonyl (C=O) groups is 1. The van der Waals surface area contributed by atoms with Crippen molar-refractivity contribution in [3.05, 3.63) is 69.9 Å². The summed E-state index contributed by atoms with van der Waals surface area (Å²) in [4.78, 5) is 11.9. The number of aryl methyl sites for hydroxylation is 1. The first-order chi connectivity index (χ1) is 8.66. The quantitative estimate of drug-likeness (QED) is 0.765. The second kappa shape index (κ2) is 5.91. The van der Waals surface area contributed by atoms with Crippen LogP contribution in [0.3, 0.4) is 0 Å². The average molecular weight is 307 g/mol. The molecule has 0 unspecified atom stereocenters. The number of carbonyl (C=O) groups excluding carboxylic acids is 1. The minimum absolute atomic E-state index is 0.0397. The lowest BCUT2D eigenvalue weighted by Gasteiger charge is -2.03. The highest BCUT2D eigenvalue weighted by Gasteiger charge is 2.08. The van der Waals surface area contributed by atoms with Gasteiger partial charge in [0.25, 0.3) is 0 Å². The molecule has 0 atom stereocenters. The van der Waals surface area contributed by atoms with Crippen LogP contribution in [-0.4, -0.2) is 5.78 Å². The number of ketones is 1. The summed E-state index contributed by atoms with van der Waals surface area (Å²) in [5.41, 5.74) is 1.25. The van der Waals surface area contributed by atoms with E-state index in [9.17, 15) is 9.18 Å². The molecule has 0 radical (unpaired) electrons. The van der Waals surface area contributed by atoms with Crippen LogP contribution in [0.15, 0.2) is 53.0 Å². The number of Topliss-reactive ketones (excluding diaryl/α,β-unsaturated/α-hetero) is 1. The van der Waals surface area contributed by atoms with Crippen molar-refractivity contribution in [3.8, 4) is 0 Å². The molecule has 0 bridgehead atoms. The van der Waals surface area contributed by atoms with Gasteiger partial charge in [0.05, 0.1) is 0 Å². The molecule has 92 valence electrons. The Bertz CT molecular complexity index is 552. The van der Waals surface area contributed by atoms with E-state index in [1.165, 1.54) is 6.07 Å². The fraction of sp³-hybridized carbons (Fsp3) is 0.133. The third-order valence-electron chi connectivity index (χ3n) is 2.73. The third-order valence-corrected chi connectivity index (χ3v) is 3.23. The van der Waals surface area contributed by atoms with E-state index in [1.54, 1.807) is 24.3 Å². The second-order valence-electron chi connectivity index (χ2n) is 4.02. The molecule has 18 heavy (non-hydrogen) atoms. The largest absolute Gasteiger partial charge is 0.294 e. The molecular formula is C15H12BrFO. The van der Waals surface area contributed by atoms with Gasteiger partial charge in [-0.3, -0.25) is 4.79 Å². The molecule has 0 amide bonds. The molecule has 0 fully saturated rings. The van der Waals surface area contributed by atoms with Crippen molar-refractivity contribution in [2.45, 2.75) is 12.8 Å². The Hall–Kier alpha value is -1.48. The summed E-state index contributed by atoms with van der Waals surface area (Å²) in [5.74, 6) is -0.233. The highest BCUT2D eigenvalue weighted by atomic mass is 79.9. The smallest absolute Gasteiger partial charge is 0.163 e. The normalized spacial score (nSPS) is 10.3. The number of hydrogen-bond donors (Lipinski definition) is 0. The Balaban J connectivity index is 2.02. The van der Waals surface area contributed by atoms with Crippen LogP contribution in [0.1, 0.15) is 22.3 Å². The molecule has 0 heterocycles. The van der Waals surface area contributed by atoms with Gasteiger partial charge in [-0.25, -0.2) is 4.39 Å². The third kappa shape index (κ3) is 3.26. The van der Waals surface area contributed by atoms with Gasteiger partial charge in [-0.1, -0.05) is 52.3 Å². The zero-order chi connectivity index (χ0) is 13.0. The summed E-state index contributed by atoms with van der Waals surface area (Å²) in [6.45, 7) is 0. The Labute approximate surface area is 114 Å². The van der Waals surface area contributed by atoms with Crippen molar-refractivity contribution in [3.63, 3.8) is 0 Å². The Morgan fingerprint density at radius 2 is 1.83 bits per heavy atom. The maximum Gasteiger partial charge on any atom is 0.163 e. The van der Waals surface area contributed by atoms with Crippen LogP contribution in [-0.2, 0) is 6.42 Å². The van der Waals surface area contributed by atoms with Crippen molar-refractivity contribution >= 4 is 21.7 Å². The Kier molecular flexibility index (Phi) is 4.26. The summed E-state index contributed by atoms with van der Waals surface area (Å²) in [6.07, 6.45) is 0.745. The monoisotopic (exact) mass is 306 g/mol. The minimum Gasteiger partial charge on any atom is -0.294 e. The van der Waals surface area contributed by atoms with Gasteiger partial charge in [0.2, 0.25) is 0 Å². The van der Waals surface area contributed by atoms with E-state index in [4.69, 9.17) is 0 Å². The number of halogens is 2. The van der Waals surface area contributed by atoms with Gasteiger partial charge in [-0.2, -0.15) is 0 Å². The molecule has 2 aromatic rings. The summed E-state index contributed by atoms with van der Waals surface area (Å²) in [6, 6.07) is 14.0. The van der Waals surface area contributed by atoms with E-state index in [0.717, 1.165) is 0 Å². The zero-order valence-electron chi connectivity index (χ0n) is 9.70. The molecule has 0 spiro atoms. The summed E-state index contributed by atoms with van der Waals surface area (Å²) < 4.78 is 14.3. The standard InChI is InChI=1S/C15H12BrFO/c16-13-8-6-11(14(17)10-13)7-9-15(18)12-4-2-1-3-5-12/h1-6,8,10H,7,9H2. The lowest BCUT2D eigenvalue weighted by atomic mass is 10.0. The average Bonchev–Trinajstić information content (AvgIpc) is 2.38. The van der Waals surface area contributed by atoms with Gasteiger partial charge in [-0.05, 0) is 24.1 Å². The second-order valence-corrected chi connectivity index (χ2v) is 4.94. The van der Waals surface area contributed by atoms with Crippen LogP contribution >= 0.6 is 15.9 Å². The Morgan fingerprint density at radius 1 is 1.11 bits per heavy atom. The molecule has 3 heteroatoms. The van der Waals surface area contributed by atoms with Crippen LogP contribution in [0.25, 0.3) is 0 Å². The Morgan fingerprint density at radius 3 is 2.50 bits per heavy atom.